The maximum Gasteiger partial charge on any atom is 0.278 e. The number of benzene rings is 2. The van der Waals surface area contributed by atoms with E-state index in [1.807, 2.05) is 19.1 Å². The van der Waals surface area contributed by atoms with E-state index in [0.29, 0.717) is 16.4 Å². The summed E-state index contributed by atoms with van der Waals surface area (Å²) in [6.45, 7) is 3.74. The van der Waals surface area contributed by atoms with E-state index in [-0.39, 0.29) is 11.6 Å². The fourth-order valence-electron chi connectivity index (χ4n) is 2.44. The predicted molar refractivity (Wildman–Crippen MR) is 96.8 cm³/mol. The van der Waals surface area contributed by atoms with Crippen LogP contribution in [0.5, 0.6) is 5.75 Å². The molecular formula is C18H17ClN4O2. The summed E-state index contributed by atoms with van der Waals surface area (Å²) in [6, 6.07) is 12.6. The number of halogens is 1. The van der Waals surface area contributed by atoms with Gasteiger partial charge in [-0.25, -0.2) is 4.68 Å². The molecule has 0 saturated heterocycles. The number of rotatable bonds is 4. The molecule has 3 aromatic rings. The Balaban J connectivity index is 1.87. The van der Waals surface area contributed by atoms with Crippen molar-refractivity contribution in [1.29, 1.82) is 0 Å². The number of aryl methyl sites for hydroxylation is 1. The molecule has 0 saturated carbocycles. The maximum atomic E-state index is 12.5. The van der Waals surface area contributed by atoms with E-state index in [1.54, 1.807) is 49.0 Å². The monoisotopic (exact) mass is 356 g/mol. The van der Waals surface area contributed by atoms with Gasteiger partial charge >= 0.3 is 0 Å². The van der Waals surface area contributed by atoms with Crippen LogP contribution in [0.25, 0.3) is 5.69 Å². The van der Waals surface area contributed by atoms with Gasteiger partial charge in [0.05, 0.1) is 18.5 Å². The zero-order valence-electron chi connectivity index (χ0n) is 14.1. The van der Waals surface area contributed by atoms with Crippen LogP contribution in [0.4, 0.5) is 5.69 Å². The molecule has 0 spiro atoms. The van der Waals surface area contributed by atoms with Crippen molar-refractivity contribution in [1.82, 2.24) is 15.0 Å². The standard InChI is InChI=1S/C18H17ClN4O2/c1-11-4-5-13(19)10-16(11)23-12(2)17(21-22-23)18(24)20-14-6-8-15(25-3)9-7-14/h4-10H,1-3H3,(H,20,24). The van der Waals surface area contributed by atoms with Crippen molar-refractivity contribution in [2.45, 2.75) is 13.8 Å². The molecule has 1 N–H and O–H groups in total. The Morgan fingerprint density at radius 2 is 1.88 bits per heavy atom. The van der Waals surface area contributed by atoms with Gasteiger partial charge in [-0.05, 0) is 55.8 Å². The Kier molecular flexibility index (Phi) is 4.72. The van der Waals surface area contributed by atoms with Crippen molar-refractivity contribution in [3.05, 3.63) is 64.4 Å². The third-order valence-corrected chi connectivity index (χ3v) is 4.09. The van der Waals surface area contributed by atoms with Gasteiger partial charge in [-0.15, -0.1) is 5.10 Å². The summed E-state index contributed by atoms with van der Waals surface area (Å²) >= 11 is 6.07. The molecule has 0 fully saturated rings. The smallest absolute Gasteiger partial charge is 0.278 e. The number of hydrogen-bond donors (Lipinski definition) is 1. The van der Waals surface area contributed by atoms with E-state index < -0.39 is 0 Å². The van der Waals surface area contributed by atoms with E-state index in [2.05, 4.69) is 15.6 Å². The summed E-state index contributed by atoms with van der Waals surface area (Å²) in [4.78, 5) is 12.5. The molecule has 1 heterocycles. The van der Waals surface area contributed by atoms with Gasteiger partial charge in [0, 0.05) is 10.7 Å². The molecule has 0 aliphatic rings. The molecule has 128 valence electrons. The van der Waals surface area contributed by atoms with Crippen LogP contribution in [0.1, 0.15) is 21.7 Å². The summed E-state index contributed by atoms with van der Waals surface area (Å²) in [7, 11) is 1.59. The second-order valence-corrected chi connectivity index (χ2v) is 5.99. The Labute approximate surface area is 150 Å². The lowest BCUT2D eigenvalue weighted by Crippen LogP contribution is -2.14. The minimum atomic E-state index is -0.325. The van der Waals surface area contributed by atoms with Gasteiger partial charge in [0.2, 0.25) is 0 Å². The zero-order valence-corrected chi connectivity index (χ0v) is 14.8. The van der Waals surface area contributed by atoms with Crippen LogP contribution in [-0.4, -0.2) is 28.0 Å². The number of ether oxygens (including phenoxy) is 1. The quantitative estimate of drug-likeness (QED) is 0.772. The third kappa shape index (κ3) is 3.49. The highest BCUT2D eigenvalue weighted by Gasteiger charge is 2.18. The lowest BCUT2D eigenvalue weighted by atomic mass is 10.2. The first-order valence-corrected chi connectivity index (χ1v) is 8.01. The SMILES string of the molecule is COc1ccc(NC(=O)c2nnn(-c3cc(Cl)ccc3C)c2C)cc1. The number of nitrogens with zero attached hydrogens (tertiary/aromatic N) is 3. The van der Waals surface area contributed by atoms with Crippen molar-refractivity contribution in [2.75, 3.05) is 12.4 Å². The van der Waals surface area contributed by atoms with Crippen LogP contribution in [0, 0.1) is 13.8 Å². The molecule has 0 radical (unpaired) electrons. The summed E-state index contributed by atoms with van der Waals surface area (Å²) in [6.07, 6.45) is 0. The van der Waals surface area contributed by atoms with E-state index in [4.69, 9.17) is 16.3 Å². The zero-order chi connectivity index (χ0) is 18.0. The van der Waals surface area contributed by atoms with E-state index in [0.717, 1.165) is 17.0 Å². The second kappa shape index (κ2) is 6.94. The summed E-state index contributed by atoms with van der Waals surface area (Å²) in [5, 5.41) is 11.5. The number of methoxy groups -OCH3 is 1. The lowest BCUT2D eigenvalue weighted by Gasteiger charge is -2.08. The highest BCUT2D eigenvalue weighted by molar-refractivity contribution is 6.30. The molecule has 0 unspecified atom stereocenters. The minimum Gasteiger partial charge on any atom is -0.497 e. The van der Waals surface area contributed by atoms with Gasteiger partial charge in [-0.1, -0.05) is 22.9 Å². The first kappa shape index (κ1) is 17.0. The molecule has 0 aliphatic heterocycles. The molecule has 1 aromatic heterocycles. The van der Waals surface area contributed by atoms with Crippen molar-refractivity contribution < 1.29 is 9.53 Å². The summed E-state index contributed by atoms with van der Waals surface area (Å²) < 4.78 is 6.72. The number of carbonyl (C=O) groups is 1. The highest BCUT2D eigenvalue weighted by atomic mass is 35.5. The Hall–Kier alpha value is -2.86. The van der Waals surface area contributed by atoms with Crippen LogP contribution in [0.3, 0.4) is 0 Å². The van der Waals surface area contributed by atoms with Gasteiger partial charge in [0.25, 0.3) is 5.91 Å². The van der Waals surface area contributed by atoms with Gasteiger partial charge in [-0.3, -0.25) is 4.79 Å². The molecule has 0 aliphatic carbocycles. The van der Waals surface area contributed by atoms with Crippen molar-refractivity contribution in [2.24, 2.45) is 0 Å². The lowest BCUT2D eigenvalue weighted by molar-refractivity contribution is 0.102. The van der Waals surface area contributed by atoms with Gasteiger partial charge in [0.15, 0.2) is 5.69 Å². The van der Waals surface area contributed by atoms with Crippen LogP contribution in [-0.2, 0) is 0 Å². The molecule has 1 amide bonds. The molecule has 7 heteroatoms. The topological polar surface area (TPSA) is 69.0 Å². The highest BCUT2D eigenvalue weighted by Crippen LogP contribution is 2.21. The largest absolute Gasteiger partial charge is 0.497 e. The number of anilines is 1. The maximum absolute atomic E-state index is 12.5. The van der Waals surface area contributed by atoms with Crippen molar-refractivity contribution >= 4 is 23.2 Å². The van der Waals surface area contributed by atoms with E-state index in [1.165, 1.54) is 0 Å². The Morgan fingerprint density at radius 3 is 2.56 bits per heavy atom. The van der Waals surface area contributed by atoms with Gasteiger partial charge < -0.3 is 10.1 Å². The van der Waals surface area contributed by atoms with Crippen molar-refractivity contribution in [3.8, 4) is 11.4 Å². The first-order chi connectivity index (χ1) is 12.0. The van der Waals surface area contributed by atoms with E-state index in [9.17, 15) is 4.79 Å². The number of aromatic nitrogens is 3. The normalized spacial score (nSPS) is 10.6. The third-order valence-electron chi connectivity index (χ3n) is 3.86. The number of carbonyl (C=O) groups excluding carboxylic acids is 1. The molecule has 0 bridgehead atoms. The average Bonchev–Trinajstić information content (AvgIpc) is 2.99. The minimum absolute atomic E-state index is 0.259. The van der Waals surface area contributed by atoms with Crippen LogP contribution >= 0.6 is 11.6 Å². The number of nitrogens with one attached hydrogen (secondary N) is 1. The van der Waals surface area contributed by atoms with Crippen LogP contribution in [0.2, 0.25) is 5.02 Å². The summed E-state index contributed by atoms with van der Waals surface area (Å²) in [5.74, 6) is 0.394. The molecule has 3 rings (SSSR count). The molecule has 25 heavy (non-hydrogen) atoms. The molecule has 6 nitrogen and oxygen atoms in total. The Bertz CT molecular complexity index is 919. The first-order valence-electron chi connectivity index (χ1n) is 7.64. The predicted octanol–water partition coefficient (Wildman–Crippen LogP) is 3.80. The Morgan fingerprint density at radius 1 is 1.16 bits per heavy atom. The molecule has 2 aromatic carbocycles. The number of hydrogen-bond acceptors (Lipinski definition) is 4. The van der Waals surface area contributed by atoms with Gasteiger partial charge in [0.1, 0.15) is 5.75 Å². The van der Waals surface area contributed by atoms with E-state index >= 15 is 0 Å². The summed E-state index contributed by atoms with van der Waals surface area (Å²) in [5.41, 5.74) is 3.32. The second-order valence-electron chi connectivity index (χ2n) is 5.55. The van der Waals surface area contributed by atoms with Crippen LogP contribution in [0.15, 0.2) is 42.5 Å². The van der Waals surface area contributed by atoms with Crippen molar-refractivity contribution in [3.63, 3.8) is 0 Å². The number of amides is 1. The fourth-order valence-corrected chi connectivity index (χ4v) is 2.61. The van der Waals surface area contributed by atoms with Gasteiger partial charge in [-0.2, -0.15) is 0 Å². The molecule has 0 atom stereocenters. The molecular weight excluding hydrogens is 340 g/mol. The fraction of sp³-hybridized carbons (Fsp3) is 0.167. The average molecular weight is 357 g/mol. The van der Waals surface area contributed by atoms with Crippen LogP contribution < -0.4 is 10.1 Å².